The second kappa shape index (κ2) is 12.9. The molecule has 2 aromatic carbocycles. The summed E-state index contributed by atoms with van der Waals surface area (Å²) in [6.07, 6.45) is -2.16. The minimum atomic E-state index is -3.08. The van der Waals surface area contributed by atoms with E-state index >= 15 is 4.39 Å². The highest BCUT2D eigenvalue weighted by molar-refractivity contribution is 6.32. The van der Waals surface area contributed by atoms with Gasteiger partial charge in [0.05, 0.1) is 22.4 Å². The number of amides is 2. The van der Waals surface area contributed by atoms with E-state index < -0.39 is 72.1 Å². The lowest BCUT2D eigenvalue weighted by atomic mass is 9.75. The molecule has 4 aromatic rings. The van der Waals surface area contributed by atoms with E-state index in [2.05, 4.69) is 25.5 Å². The van der Waals surface area contributed by atoms with Crippen LogP contribution in [0.15, 0.2) is 60.0 Å². The molecule has 18 heteroatoms. The molecule has 1 fully saturated rings. The maximum atomic E-state index is 15.8. The zero-order valence-electron chi connectivity index (χ0n) is 27.7. The van der Waals surface area contributed by atoms with Crippen molar-refractivity contribution in [1.29, 1.82) is 0 Å². The zero-order chi connectivity index (χ0) is 37.0. The lowest BCUT2D eigenvalue weighted by Gasteiger charge is -2.35. The molecule has 1 aliphatic heterocycles. The number of hydrogen-bond donors (Lipinski definition) is 2. The van der Waals surface area contributed by atoms with E-state index in [1.165, 1.54) is 35.0 Å². The number of benzene rings is 2. The van der Waals surface area contributed by atoms with Gasteiger partial charge in [0.2, 0.25) is 0 Å². The van der Waals surface area contributed by atoms with E-state index in [-0.39, 0.29) is 39.8 Å². The minimum absolute atomic E-state index is 0.0144. The Hall–Kier alpha value is -5.06. The van der Waals surface area contributed by atoms with Crippen molar-refractivity contribution >= 4 is 29.6 Å². The number of aromatic nitrogens is 5. The molecule has 1 aliphatic carbocycles. The summed E-state index contributed by atoms with van der Waals surface area (Å²) in [5.74, 6) is -5.51. The predicted molar refractivity (Wildman–Crippen MR) is 175 cm³/mol. The molecule has 3 atom stereocenters. The van der Waals surface area contributed by atoms with Crippen molar-refractivity contribution < 1.29 is 36.3 Å². The summed E-state index contributed by atoms with van der Waals surface area (Å²) < 4.78 is 78.1. The SMILES string of the molecule is Cn1ccc(-c2ccc([C@@]3(CC(C)(C)C)N=C(N)N([C@H](COC(=O)N[C@H]4CC4(F)F)c4ccc(Cl)c(-n5ncnc5C(F)F)c4)C3=O)cc2F)n1. The number of carbonyl (C=O) groups is 2. The molecule has 2 aromatic heterocycles. The van der Waals surface area contributed by atoms with Crippen LogP contribution in [0.2, 0.25) is 5.02 Å². The number of nitrogens with zero attached hydrogens (tertiary/aromatic N) is 7. The summed E-state index contributed by atoms with van der Waals surface area (Å²) in [4.78, 5) is 36.8. The number of guanidine groups is 1. The van der Waals surface area contributed by atoms with Gasteiger partial charge in [0.1, 0.15) is 24.8 Å². The van der Waals surface area contributed by atoms with Crippen LogP contribution in [-0.2, 0) is 22.1 Å². The Bertz CT molecular complexity index is 2030. The number of aliphatic imine (C=N–C) groups is 1. The molecule has 0 radical (unpaired) electrons. The van der Waals surface area contributed by atoms with E-state index in [0.717, 1.165) is 15.9 Å². The Morgan fingerprint density at radius 1 is 1.18 bits per heavy atom. The Kier molecular flexibility index (Phi) is 9.06. The minimum Gasteiger partial charge on any atom is -0.447 e. The molecule has 2 aliphatic rings. The Balaban J connectivity index is 1.42. The summed E-state index contributed by atoms with van der Waals surface area (Å²) in [5, 5.41) is 10.2. The van der Waals surface area contributed by atoms with Crippen molar-refractivity contribution in [2.24, 2.45) is 23.2 Å². The third kappa shape index (κ3) is 6.98. The highest BCUT2D eigenvalue weighted by atomic mass is 35.5. The van der Waals surface area contributed by atoms with Gasteiger partial charge < -0.3 is 15.8 Å². The second-order valence-electron chi connectivity index (χ2n) is 13.6. The van der Waals surface area contributed by atoms with Crippen LogP contribution in [0.1, 0.15) is 63.0 Å². The van der Waals surface area contributed by atoms with Crippen LogP contribution in [0.4, 0.5) is 26.7 Å². The van der Waals surface area contributed by atoms with Crippen LogP contribution in [0.3, 0.4) is 0 Å². The van der Waals surface area contributed by atoms with Gasteiger partial charge in [-0.15, -0.1) is 0 Å². The van der Waals surface area contributed by atoms with Crippen molar-refractivity contribution in [1.82, 2.24) is 34.8 Å². The van der Waals surface area contributed by atoms with Gasteiger partial charge in [-0.25, -0.2) is 41.4 Å². The molecule has 0 unspecified atom stereocenters. The van der Waals surface area contributed by atoms with Gasteiger partial charge in [-0.05, 0) is 53.3 Å². The van der Waals surface area contributed by atoms with E-state index in [1.807, 2.05) is 20.8 Å². The number of hydrogen-bond acceptors (Lipinski definition) is 8. The first-order valence-corrected chi connectivity index (χ1v) is 16.1. The Morgan fingerprint density at radius 2 is 1.90 bits per heavy atom. The van der Waals surface area contributed by atoms with Gasteiger partial charge in [-0.2, -0.15) is 10.2 Å². The fraction of sp³-hybridized carbons (Fsp3) is 0.394. The molecule has 12 nitrogen and oxygen atoms in total. The van der Waals surface area contributed by atoms with Gasteiger partial charge in [0.25, 0.3) is 18.3 Å². The summed E-state index contributed by atoms with van der Waals surface area (Å²) >= 11 is 6.41. The number of alkyl carbamates (subject to hydrolysis) is 1. The molecule has 1 saturated carbocycles. The molecular weight excluding hydrogens is 701 g/mol. The summed E-state index contributed by atoms with van der Waals surface area (Å²) in [5.41, 5.74) is 5.00. The van der Waals surface area contributed by atoms with Crippen LogP contribution in [0.25, 0.3) is 16.9 Å². The smallest absolute Gasteiger partial charge is 0.407 e. The molecule has 0 saturated heterocycles. The van der Waals surface area contributed by atoms with Gasteiger partial charge in [-0.3, -0.25) is 14.4 Å². The number of nitrogens with one attached hydrogen (secondary N) is 1. The van der Waals surface area contributed by atoms with Crippen molar-refractivity contribution in [3.8, 4) is 16.9 Å². The first-order valence-electron chi connectivity index (χ1n) is 15.7. The van der Waals surface area contributed by atoms with Crippen molar-refractivity contribution in [3.05, 3.63) is 82.8 Å². The number of halogens is 6. The topological polar surface area (TPSA) is 146 Å². The molecule has 6 rings (SSSR count). The van der Waals surface area contributed by atoms with Crippen molar-refractivity contribution in [2.75, 3.05) is 6.61 Å². The van der Waals surface area contributed by atoms with Gasteiger partial charge in [-0.1, -0.05) is 44.5 Å². The number of aryl methyl sites for hydroxylation is 1. The molecule has 3 heterocycles. The summed E-state index contributed by atoms with van der Waals surface area (Å²) in [6.45, 7) is 4.93. The number of ether oxygens (including phenoxy) is 1. The van der Waals surface area contributed by atoms with Crippen LogP contribution >= 0.6 is 11.6 Å². The van der Waals surface area contributed by atoms with Crippen molar-refractivity contribution in [2.45, 2.75) is 63.6 Å². The van der Waals surface area contributed by atoms with E-state index in [4.69, 9.17) is 22.1 Å². The quantitative estimate of drug-likeness (QED) is 0.189. The number of rotatable bonds is 10. The number of alkyl halides is 4. The van der Waals surface area contributed by atoms with Crippen molar-refractivity contribution in [3.63, 3.8) is 0 Å². The standard InChI is InChI=1S/C33H33ClF5N9O3/c1-31(2,3)15-32(18-6-7-19(21(35)12-18)22-9-10-46(4)45-22)28(49)47(29(40)44-32)24(14-51-30(50)43-25-13-33(25,38)39)17-5-8-20(34)23(11-17)48-27(26(36)37)41-16-42-48/h5-12,16,24-26H,13-15H2,1-4H3,(H2,40,44)(H,43,50)/t24-,25+,32-/m1/s1. The Labute approximate surface area is 293 Å². The fourth-order valence-corrected chi connectivity index (χ4v) is 6.32. The molecule has 270 valence electrons. The van der Waals surface area contributed by atoms with E-state index in [1.54, 1.807) is 25.4 Å². The molecular formula is C33H33ClF5N9O3. The van der Waals surface area contributed by atoms with Crippen LogP contribution in [-0.4, -0.2) is 66.0 Å². The average molecular weight is 734 g/mol. The molecule has 0 bridgehead atoms. The maximum absolute atomic E-state index is 15.8. The zero-order valence-corrected chi connectivity index (χ0v) is 28.5. The first kappa shape index (κ1) is 35.8. The first-order chi connectivity index (χ1) is 23.9. The second-order valence-corrected chi connectivity index (χ2v) is 14.0. The van der Waals surface area contributed by atoms with Gasteiger partial charge >= 0.3 is 6.09 Å². The largest absolute Gasteiger partial charge is 0.447 e. The van der Waals surface area contributed by atoms with Crippen LogP contribution in [0, 0.1) is 11.2 Å². The van der Waals surface area contributed by atoms with Crippen LogP contribution < -0.4 is 11.1 Å². The fourth-order valence-electron chi connectivity index (χ4n) is 6.13. The average Bonchev–Trinajstić information content (AvgIpc) is 3.44. The highest BCUT2D eigenvalue weighted by Gasteiger charge is 2.58. The summed E-state index contributed by atoms with van der Waals surface area (Å²) in [7, 11) is 1.69. The lowest BCUT2D eigenvalue weighted by molar-refractivity contribution is -0.135. The molecule has 2 amide bonds. The normalized spacial score (nSPS) is 20.5. The third-order valence-corrected chi connectivity index (χ3v) is 8.82. The maximum Gasteiger partial charge on any atom is 0.407 e. The monoisotopic (exact) mass is 733 g/mol. The molecule has 3 N–H and O–H groups in total. The Morgan fingerprint density at radius 3 is 2.51 bits per heavy atom. The van der Waals surface area contributed by atoms with E-state index in [9.17, 15) is 27.2 Å². The molecule has 51 heavy (non-hydrogen) atoms. The highest BCUT2D eigenvalue weighted by Crippen LogP contribution is 2.46. The van der Waals surface area contributed by atoms with E-state index in [0.29, 0.717) is 5.69 Å². The van der Waals surface area contributed by atoms with Gasteiger partial charge in [0.15, 0.2) is 17.3 Å². The van der Waals surface area contributed by atoms with Crippen LogP contribution in [0.5, 0.6) is 0 Å². The molecule has 0 spiro atoms. The number of carbonyl (C=O) groups excluding carboxylic acids is 2. The third-order valence-electron chi connectivity index (χ3n) is 8.50. The van der Waals surface area contributed by atoms with Gasteiger partial charge in [0, 0.05) is 25.2 Å². The number of nitrogens with two attached hydrogens (primary N) is 1. The lowest BCUT2D eigenvalue weighted by Crippen LogP contribution is -2.47. The predicted octanol–water partition coefficient (Wildman–Crippen LogP) is 6.06. The summed E-state index contributed by atoms with van der Waals surface area (Å²) in [6, 6.07) is 7.27.